The number of rotatable bonds is 2. The summed E-state index contributed by atoms with van der Waals surface area (Å²) in [4.78, 5) is 38.6. The molecule has 0 aromatic heterocycles. The number of aliphatic hydroxyl groups excluding tert-OH is 1. The molecule has 0 saturated carbocycles. The summed E-state index contributed by atoms with van der Waals surface area (Å²) < 4.78 is 13.8. The van der Waals surface area contributed by atoms with Crippen molar-refractivity contribution < 1.29 is 23.9 Å². The molecule has 2 unspecified atom stereocenters. The molecule has 0 bridgehead atoms. The summed E-state index contributed by atoms with van der Waals surface area (Å²) in [5, 5.41) is 12.6. The lowest BCUT2D eigenvalue weighted by molar-refractivity contribution is -0.139. The maximum Gasteiger partial charge on any atom is 0.259 e. The fourth-order valence-electron chi connectivity index (χ4n) is 3.05. The van der Waals surface area contributed by atoms with Gasteiger partial charge in [0.15, 0.2) is 6.23 Å². The van der Waals surface area contributed by atoms with Crippen molar-refractivity contribution in [1.82, 2.24) is 10.2 Å². The Kier molecular flexibility index (Phi) is 3.56. The van der Waals surface area contributed by atoms with Crippen LogP contribution in [0.1, 0.15) is 35.0 Å². The Labute approximate surface area is 131 Å². The average molecular weight is 321 g/mol. The Balaban J connectivity index is 2.04. The number of amides is 3. The zero-order chi connectivity index (χ0) is 16.9. The highest BCUT2D eigenvalue weighted by molar-refractivity contribution is 6.08. The van der Waals surface area contributed by atoms with Crippen LogP contribution in [0.3, 0.4) is 0 Å². The lowest BCUT2D eigenvalue weighted by atomic mass is 10.0. The first kappa shape index (κ1) is 15.4. The molecule has 0 aliphatic carbocycles. The van der Waals surface area contributed by atoms with Crippen LogP contribution in [0, 0.1) is 5.82 Å². The molecular weight excluding hydrogens is 305 g/mol. The summed E-state index contributed by atoms with van der Waals surface area (Å²) in [6.45, 7) is 0. The quantitative estimate of drug-likeness (QED) is 0.757. The van der Waals surface area contributed by atoms with Crippen LogP contribution in [0.4, 0.5) is 10.1 Å². The number of carbonyl (C=O) groups is 3. The van der Waals surface area contributed by atoms with E-state index in [1.165, 1.54) is 6.07 Å². The van der Waals surface area contributed by atoms with Crippen LogP contribution in [-0.4, -0.2) is 47.9 Å². The van der Waals surface area contributed by atoms with Crippen molar-refractivity contribution >= 4 is 23.4 Å². The lowest BCUT2D eigenvalue weighted by Gasteiger charge is -2.31. The van der Waals surface area contributed by atoms with Crippen molar-refractivity contribution in [3.8, 4) is 0 Å². The van der Waals surface area contributed by atoms with E-state index in [-0.39, 0.29) is 24.0 Å². The summed E-state index contributed by atoms with van der Waals surface area (Å²) in [5.41, 5.74) is 0.635. The number of anilines is 1. The summed E-state index contributed by atoms with van der Waals surface area (Å²) in [6, 6.07) is 1.34. The summed E-state index contributed by atoms with van der Waals surface area (Å²) in [7, 11) is 3.31. The van der Waals surface area contributed by atoms with Crippen LogP contribution in [0.2, 0.25) is 0 Å². The van der Waals surface area contributed by atoms with E-state index in [0.29, 0.717) is 5.69 Å². The van der Waals surface area contributed by atoms with Gasteiger partial charge in [0, 0.05) is 26.1 Å². The molecule has 2 aliphatic rings. The molecule has 0 radical (unpaired) electrons. The zero-order valence-electron chi connectivity index (χ0n) is 12.7. The normalized spacial score (nSPS) is 23.8. The van der Waals surface area contributed by atoms with E-state index in [1.54, 1.807) is 19.0 Å². The number of nitrogens with zero attached hydrogens (tertiary/aromatic N) is 2. The van der Waals surface area contributed by atoms with E-state index in [9.17, 15) is 23.9 Å². The molecular formula is C15H16FN3O4. The number of benzene rings is 1. The third kappa shape index (κ3) is 2.35. The van der Waals surface area contributed by atoms with Gasteiger partial charge in [-0.25, -0.2) is 4.39 Å². The van der Waals surface area contributed by atoms with Crippen molar-refractivity contribution in [3.63, 3.8) is 0 Å². The predicted octanol–water partition coefficient (Wildman–Crippen LogP) is 0.144. The predicted molar refractivity (Wildman–Crippen MR) is 78.0 cm³/mol. The molecule has 0 spiro atoms. The molecule has 1 aromatic carbocycles. The largest absolute Gasteiger partial charge is 0.377 e. The van der Waals surface area contributed by atoms with Gasteiger partial charge in [0.1, 0.15) is 11.9 Å². The molecule has 1 fully saturated rings. The highest BCUT2D eigenvalue weighted by atomic mass is 19.1. The van der Waals surface area contributed by atoms with Crippen molar-refractivity contribution in [2.45, 2.75) is 25.1 Å². The molecule has 2 N–H and O–H groups in total. The second kappa shape index (κ2) is 5.31. The van der Waals surface area contributed by atoms with Crippen molar-refractivity contribution in [2.75, 3.05) is 19.0 Å². The maximum atomic E-state index is 13.8. The number of imide groups is 1. The topological polar surface area (TPSA) is 90.0 Å². The monoisotopic (exact) mass is 321 g/mol. The molecule has 2 aliphatic heterocycles. The molecule has 3 rings (SSSR count). The Bertz CT molecular complexity index is 719. The minimum absolute atomic E-state index is 0.0815. The van der Waals surface area contributed by atoms with E-state index in [4.69, 9.17) is 0 Å². The van der Waals surface area contributed by atoms with Crippen LogP contribution in [0.5, 0.6) is 0 Å². The number of halogens is 1. The van der Waals surface area contributed by atoms with Crippen molar-refractivity contribution in [2.24, 2.45) is 0 Å². The zero-order valence-corrected chi connectivity index (χ0v) is 12.7. The SMILES string of the molecule is CN(C)c1cc(F)cc2c1C(=O)N(C1CCC(=O)NC1=O)C2O. The van der Waals surface area contributed by atoms with Gasteiger partial charge in [0.25, 0.3) is 5.91 Å². The molecule has 2 atom stereocenters. The average Bonchev–Trinajstić information content (AvgIpc) is 2.71. The first-order valence-electron chi connectivity index (χ1n) is 7.16. The molecule has 2 heterocycles. The second-order valence-electron chi connectivity index (χ2n) is 5.84. The maximum absolute atomic E-state index is 13.8. The molecule has 122 valence electrons. The molecule has 8 heteroatoms. The first-order chi connectivity index (χ1) is 10.8. The highest BCUT2D eigenvalue weighted by Gasteiger charge is 2.45. The van der Waals surface area contributed by atoms with Gasteiger partial charge in [-0.3, -0.25) is 24.6 Å². The van der Waals surface area contributed by atoms with Gasteiger partial charge in [0.05, 0.1) is 11.3 Å². The Morgan fingerprint density at radius 3 is 2.61 bits per heavy atom. The van der Waals surface area contributed by atoms with Crippen LogP contribution >= 0.6 is 0 Å². The van der Waals surface area contributed by atoms with E-state index in [2.05, 4.69) is 5.32 Å². The van der Waals surface area contributed by atoms with Crippen molar-refractivity contribution in [1.29, 1.82) is 0 Å². The standard InChI is InChI=1S/C15H16FN3O4/c1-18(2)10-6-7(16)5-8-12(10)15(23)19(14(8)22)9-3-4-11(20)17-13(9)21/h5-6,9,14,22H,3-4H2,1-2H3,(H,17,20,21). The Morgan fingerprint density at radius 2 is 2.00 bits per heavy atom. The number of nitrogens with one attached hydrogen (secondary N) is 1. The van der Waals surface area contributed by atoms with Gasteiger partial charge in [0.2, 0.25) is 11.8 Å². The van der Waals surface area contributed by atoms with Gasteiger partial charge in [-0.05, 0) is 18.6 Å². The minimum Gasteiger partial charge on any atom is -0.377 e. The van der Waals surface area contributed by atoms with E-state index in [1.807, 2.05) is 0 Å². The molecule has 7 nitrogen and oxygen atoms in total. The van der Waals surface area contributed by atoms with Gasteiger partial charge in [-0.1, -0.05) is 0 Å². The van der Waals surface area contributed by atoms with Gasteiger partial charge in [-0.15, -0.1) is 0 Å². The molecule has 3 amide bonds. The van der Waals surface area contributed by atoms with Gasteiger partial charge >= 0.3 is 0 Å². The van der Waals surface area contributed by atoms with E-state index in [0.717, 1.165) is 11.0 Å². The van der Waals surface area contributed by atoms with Crippen molar-refractivity contribution in [3.05, 3.63) is 29.1 Å². The first-order valence-corrected chi connectivity index (χ1v) is 7.16. The molecule has 1 aromatic rings. The smallest absolute Gasteiger partial charge is 0.259 e. The van der Waals surface area contributed by atoms with Crippen LogP contribution < -0.4 is 10.2 Å². The number of piperidine rings is 1. The van der Waals surface area contributed by atoms with E-state index >= 15 is 0 Å². The van der Waals surface area contributed by atoms with Gasteiger partial charge in [-0.2, -0.15) is 0 Å². The minimum atomic E-state index is -1.42. The third-order valence-electron chi connectivity index (χ3n) is 4.13. The summed E-state index contributed by atoms with van der Waals surface area (Å²) in [5.74, 6) is -2.17. The number of carbonyl (C=O) groups excluding carboxylic acids is 3. The summed E-state index contributed by atoms with van der Waals surface area (Å²) in [6.07, 6.45) is -1.21. The second-order valence-corrected chi connectivity index (χ2v) is 5.84. The van der Waals surface area contributed by atoms with Crippen LogP contribution in [-0.2, 0) is 9.59 Å². The van der Waals surface area contributed by atoms with Crippen LogP contribution in [0.15, 0.2) is 12.1 Å². The number of fused-ring (bicyclic) bond motifs is 1. The number of hydrogen-bond acceptors (Lipinski definition) is 5. The van der Waals surface area contributed by atoms with Crippen LogP contribution in [0.25, 0.3) is 0 Å². The fraction of sp³-hybridized carbons (Fsp3) is 0.400. The third-order valence-corrected chi connectivity index (χ3v) is 4.13. The number of aliphatic hydroxyl groups is 1. The van der Waals surface area contributed by atoms with E-state index < -0.39 is 35.8 Å². The van der Waals surface area contributed by atoms with Gasteiger partial charge < -0.3 is 10.0 Å². The summed E-state index contributed by atoms with van der Waals surface area (Å²) >= 11 is 0. The molecule has 23 heavy (non-hydrogen) atoms. The lowest BCUT2D eigenvalue weighted by Crippen LogP contribution is -2.53. The molecule has 1 saturated heterocycles. The fourth-order valence-corrected chi connectivity index (χ4v) is 3.05. The number of hydrogen-bond donors (Lipinski definition) is 2. The highest BCUT2D eigenvalue weighted by Crippen LogP contribution is 2.40. The Hall–Kier alpha value is -2.48. The Morgan fingerprint density at radius 1 is 1.30 bits per heavy atom.